The molecule has 24 heavy (non-hydrogen) atoms. The van der Waals surface area contributed by atoms with Crippen molar-refractivity contribution in [1.82, 2.24) is 15.5 Å². The first-order valence-electron chi connectivity index (χ1n) is 7.21. The molecule has 1 aromatic heterocycles. The van der Waals surface area contributed by atoms with Crippen molar-refractivity contribution in [3.05, 3.63) is 70.1 Å². The summed E-state index contributed by atoms with van der Waals surface area (Å²) in [5, 5.41) is 12.3. The lowest BCUT2D eigenvalue weighted by atomic mass is 10.1. The van der Waals surface area contributed by atoms with Crippen LogP contribution in [0.3, 0.4) is 0 Å². The first-order valence-corrected chi connectivity index (χ1v) is 7.21. The van der Waals surface area contributed by atoms with Gasteiger partial charge in [0.25, 0.3) is 17.4 Å². The highest BCUT2D eigenvalue weighted by atomic mass is 16.2. The lowest BCUT2D eigenvalue weighted by Gasteiger charge is -2.07. The number of hydrogen-bond acceptors (Lipinski definition) is 4. The van der Waals surface area contributed by atoms with Gasteiger partial charge in [0.1, 0.15) is 0 Å². The van der Waals surface area contributed by atoms with Gasteiger partial charge in [0.05, 0.1) is 5.39 Å². The third kappa shape index (κ3) is 2.87. The molecule has 120 valence electrons. The lowest BCUT2D eigenvalue weighted by molar-refractivity contribution is 0.0962. The van der Waals surface area contributed by atoms with E-state index in [2.05, 4.69) is 20.8 Å². The number of amides is 2. The number of carbonyl (C=O) groups excluding carboxylic acids is 2. The van der Waals surface area contributed by atoms with E-state index in [4.69, 9.17) is 0 Å². The van der Waals surface area contributed by atoms with Crippen molar-refractivity contribution in [3.63, 3.8) is 0 Å². The van der Waals surface area contributed by atoms with Crippen LogP contribution < -0.4 is 16.2 Å². The molecule has 3 aromatic rings. The van der Waals surface area contributed by atoms with Crippen molar-refractivity contribution >= 4 is 28.3 Å². The standard InChI is InChI=1S/C17H14N4O3/c1-18-15(22)10-6-8-11(9-7-10)19-17(24)14-12-4-2-3-5-13(12)16(23)21-20-14/h2-9H,1H3,(H,18,22)(H,19,24)(H,21,23). The third-order valence-corrected chi connectivity index (χ3v) is 3.54. The van der Waals surface area contributed by atoms with Crippen molar-refractivity contribution in [2.75, 3.05) is 12.4 Å². The minimum absolute atomic E-state index is 0.126. The van der Waals surface area contributed by atoms with Gasteiger partial charge < -0.3 is 10.6 Å². The summed E-state index contributed by atoms with van der Waals surface area (Å²) in [5.74, 6) is -0.656. The smallest absolute Gasteiger partial charge is 0.276 e. The van der Waals surface area contributed by atoms with Crippen LogP contribution in [-0.4, -0.2) is 29.1 Å². The maximum Gasteiger partial charge on any atom is 0.276 e. The molecule has 0 unspecified atom stereocenters. The Balaban J connectivity index is 1.89. The van der Waals surface area contributed by atoms with Crippen LogP contribution in [0.2, 0.25) is 0 Å². The predicted octanol–water partition coefficient (Wildman–Crippen LogP) is 1.53. The van der Waals surface area contributed by atoms with E-state index < -0.39 is 5.91 Å². The van der Waals surface area contributed by atoms with Crippen LogP contribution in [-0.2, 0) is 0 Å². The van der Waals surface area contributed by atoms with Gasteiger partial charge in [-0.1, -0.05) is 18.2 Å². The van der Waals surface area contributed by atoms with Gasteiger partial charge in [-0.15, -0.1) is 0 Å². The van der Waals surface area contributed by atoms with Crippen LogP contribution in [0.15, 0.2) is 53.3 Å². The second kappa shape index (κ2) is 6.33. The van der Waals surface area contributed by atoms with E-state index in [0.29, 0.717) is 22.0 Å². The summed E-state index contributed by atoms with van der Waals surface area (Å²) in [6.07, 6.45) is 0. The number of fused-ring (bicyclic) bond motifs is 1. The molecular formula is C17H14N4O3. The van der Waals surface area contributed by atoms with Crippen LogP contribution in [0.5, 0.6) is 0 Å². The van der Waals surface area contributed by atoms with Crippen LogP contribution >= 0.6 is 0 Å². The van der Waals surface area contributed by atoms with Crippen molar-refractivity contribution in [3.8, 4) is 0 Å². The monoisotopic (exact) mass is 322 g/mol. The number of rotatable bonds is 3. The first-order chi connectivity index (χ1) is 11.6. The fourth-order valence-corrected chi connectivity index (χ4v) is 2.33. The van der Waals surface area contributed by atoms with E-state index in [9.17, 15) is 14.4 Å². The average Bonchev–Trinajstić information content (AvgIpc) is 2.62. The minimum Gasteiger partial charge on any atom is -0.355 e. The number of benzene rings is 2. The SMILES string of the molecule is CNC(=O)c1ccc(NC(=O)c2n[nH]c(=O)c3ccccc23)cc1. The normalized spacial score (nSPS) is 10.4. The van der Waals surface area contributed by atoms with E-state index in [1.54, 1.807) is 55.6 Å². The van der Waals surface area contributed by atoms with E-state index >= 15 is 0 Å². The highest BCUT2D eigenvalue weighted by molar-refractivity contribution is 6.11. The Hall–Kier alpha value is -3.48. The zero-order valence-corrected chi connectivity index (χ0v) is 12.8. The fraction of sp³-hybridized carbons (Fsp3) is 0.0588. The first kappa shape index (κ1) is 15.4. The quantitative estimate of drug-likeness (QED) is 0.680. The van der Waals surface area contributed by atoms with Crippen LogP contribution in [0, 0.1) is 0 Å². The van der Waals surface area contributed by atoms with E-state index in [1.165, 1.54) is 0 Å². The molecule has 0 saturated heterocycles. The number of carbonyl (C=O) groups is 2. The van der Waals surface area contributed by atoms with Crippen molar-refractivity contribution in [2.45, 2.75) is 0 Å². The molecule has 0 saturated carbocycles. The zero-order chi connectivity index (χ0) is 17.1. The Kier molecular flexibility index (Phi) is 4.07. The molecule has 0 spiro atoms. The molecule has 0 aliphatic rings. The lowest BCUT2D eigenvalue weighted by Crippen LogP contribution is -2.20. The van der Waals surface area contributed by atoms with Crippen LogP contribution in [0.1, 0.15) is 20.8 Å². The predicted molar refractivity (Wildman–Crippen MR) is 90.1 cm³/mol. The van der Waals surface area contributed by atoms with Crippen molar-refractivity contribution in [1.29, 1.82) is 0 Å². The Morgan fingerprint density at radius 2 is 1.62 bits per heavy atom. The van der Waals surface area contributed by atoms with Gasteiger partial charge in [0.15, 0.2) is 5.69 Å². The number of anilines is 1. The summed E-state index contributed by atoms with van der Waals surface area (Å²) >= 11 is 0. The van der Waals surface area contributed by atoms with E-state index in [1.807, 2.05) is 0 Å². The van der Waals surface area contributed by atoms with Gasteiger partial charge in [-0.2, -0.15) is 5.10 Å². The molecule has 0 aliphatic carbocycles. The molecule has 0 bridgehead atoms. The molecule has 2 aromatic carbocycles. The highest BCUT2D eigenvalue weighted by Gasteiger charge is 2.14. The topological polar surface area (TPSA) is 104 Å². The van der Waals surface area contributed by atoms with Crippen molar-refractivity contribution in [2.24, 2.45) is 0 Å². The summed E-state index contributed by atoms with van der Waals surface area (Å²) in [5.41, 5.74) is 0.783. The zero-order valence-electron chi connectivity index (χ0n) is 12.8. The second-order valence-electron chi connectivity index (χ2n) is 5.06. The number of nitrogens with one attached hydrogen (secondary N) is 3. The largest absolute Gasteiger partial charge is 0.355 e. The third-order valence-electron chi connectivity index (χ3n) is 3.54. The molecule has 0 aliphatic heterocycles. The summed E-state index contributed by atoms with van der Waals surface area (Å²) in [4.78, 5) is 35.7. The average molecular weight is 322 g/mol. The molecule has 7 heteroatoms. The number of nitrogens with zero attached hydrogens (tertiary/aromatic N) is 1. The molecule has 0 atom stereocenters. The summed E-state index contributed by atoms with van der Waals surface area (Å²) < 4.78 is 0. The van der Waals surface area contributed by atoms with Crippen LogP contribution in [0.4, 0.5) is 5.69 Å². The Morgan fingerprint density at radius 1 is 0.958 bits per heavy atom. The van der Waals surface area contributed by atoms with E-state index in [0.717, 1.165) is 0 Å². The summed E-state index contributed by atoms with van der Waals surface area (Å²) in [7, 11) is 1.55. The van der Waals surface area contributed by atoms with Gasteiger partial charge in [-0.25, -0.2) is 5.10 Å². The summed E-state index contributed by atoms with van der Waals surface area (Å²) in [6, 6.07) is 13.2. The maximum absolute atomic E-state index is 12.4. The second-order valence-corrected chi connectivity index (χ2v) is 5.06. The Labute approximate surface area is 136 Å². The van der Waals surface area contributed by atoms with Crippen molar-refractivity contribution < 1.29 is 9.59 Å². The van der Waals surface area contributed by atoms with Crippen LogP contribution in [0.25, 0.3) is 10.8 Å². The molecule has 1 heterocycles. The number of aromatic nitrogens is 2. The number of aromatic amines is 1. The minimum atomic E-state index is -0.449. The molecule has 7 nitrogen and oxygen atoms in total. The fourth-order valence-electron chi connectivity index (χ4n) is 2.33. The van der Waals surface area contributed by atoms with Gasteiger partial charge >= 0.3 is 0 Å². The molecule has 3 N–H and O–H groups in total. The van der Waals surface area contributed by atoms with Gasteiger partial charge in [-0.05, 0) is 30.3 Å². The van der Waals surface area contributed by atoms with Gasteiger partial charge in [0.2, 0.25) is 0 Å². The van der Waals surface area contributed by atoms with Gasteiger partial charge in [-0.3, -0.25) is 14.4 Å². The Morgan fingerprint density at radius 3 is 2.29 bits per heavy atom. The van der Waals surface area contributed by atoms with Gasteiger partial charge in [0, 0.05) is 23.7 Å². The molecular weight excluding hydrogens is 308 g/mol. The molecule has 3 rings (SSSR count). The maximum atomic E-state index is 12.4. The molecule has 0 fully saturated rings. The van der Waals surface area contributed by atoms with E-state index in [-0.39, 0.29) is 17.2 Å². The molecule has 2 amide bonds. The summed E-state index contributed by atoms with van der Waals surface area (Å²) in [6.45, 7) is 0. The number of hydrogen-bond donors (Lipinski definition) is 3. The number of H-pyrrole nitrogens is 1. The Bertz CT molecular complexity index is 977. The highest BCUT2D eigenvalue weighted by Crippen LogP contribution is 2.15. The molecule has 0 radical (unpaired) electrons.